The fraction of sp³-hybridized carbons (Fsp3) is 0.533. The van der Waals surface area contributed by atoms with Gasteiger partial charge in [-0.15, -0.1) is 0 Å². The summed E-state index contributed by atoms with van der Waals surface area (Å²) in [4.78, 5) is 14.3. The second kappa shape index (κ2) is 6.43. The van der Waals surface area contributed by atoms with E-state index in [1.165, 1.54) is 0 Å². The molecule has 94 valence electrons. The monoisotopic (exact) mass is 233 g/mol. The molecule has 0 spiro atoms. The molecule has 0 radical (unpaired) electrons. The normalized spacial score (nSPS) is 10.9. The van der Waals surface area contributed by atoms with Gasteiger partial charge in [-0.3, -0.25) is 4.79 Å². The number of rotatable bonds is 5. The van der Waals surface area contributed by atoms with Gasteiger partial charge < -0.3 is 4.90 Å². The topological polar surface area (TPSA) is 20.3 Å². The molecular formula is C15H23NO. The summed E-state index contributed by atoms with van der Waals surface area (Å²) in [6.07, 6.45) is 1.05. The standard InChI is InChI=1S/C15H23NO/c1-12(2)10-11-16(13(3)4)15(17)14-8-6-5-7-9-14/h5-9,12-13H,10-11H2,1-4H3. The largest absolute Gasteiger partial charge is 0.336 e. The number of hydrogen-bond donors (Lipinski definition) is 0. The third kappa shape index (κ3) is 4.22. The average molecular weight is 233 g/mol. The van der Waals surface area contributed by atoms with Crippen LogP contribution in [-0.2, 0) is 0 Å². The smallest absolute Gasteiger partial charge is 0.254 e. The first-order valence-electron chi connectivity index (χ1n) is 6.38. The van der Waals surface area contributed by atoms with Gasteiger partial charge in [0.25, 0.3) is 5.91 Å². The van der Waals surface area contributed by atoms with Crippen molar-refractivity contribution in [3.63, 3.8) is 0 Å². The summed E-state index contributed by atoms with van der Waals surface area (Å²) in [5.74, 6) is 0.765. The van der Waals surface area contributed by atoms with Gasteiger partial charge in [0.15, 0.2) is 0 Å². The van der Waals surface area contributed by atoms with Gasteiger partial charge in [0.1, 0.15) is 0 Å². The number of carbonyl (C=O) groups is 1. The summed E-state index contributed by atoms with van der Waals surface area (Å²) in [5, 5.41) is 0. The van der Waals surface area contributed by atoms with E-state index in [0.717, 1.165) is 18.5 Å². The molecule has 0 fully saturated rings. The Morgan fingerprint density at radius 2 is 1.71 bits per heavy atom. The van der Waals surface area contributed by atoms with Gasteiger partial charge in [0.05, 0.1) is 0 Å². The number of carbonyl (C=O) groups excluding carboxylic acids is 1. The first kappa shape index (κ1) is 13.8. The number of amides is 1. The molecule has 0 unspecified atom stereocenters. The molecule has 1 aromatic rings. The molecule has 0 aliphatic heterocycles. The lowest BCUT2D eigenvalue weighted by Crippen LogP contribution is -2.38. The lowest BCUT2D eigenvalue weighted by atomic mass is 10.1. The van der Waals surface area contributed by atoms with E-state index in [1.54, 1.807) is 0 Å². The zero-order valence-corrected chi connectivity index (χ0v) is 11.3. The predicted octanol–water partition coefficient (Wildman–Crippen LogP) is 3.58. The highest BCUT2D eigenvalue weighted by Gasteiger charge is 2.18. The molecule has 17 heavy (non-hydrogen) atoms. The van der Waals surface area contributed by atoms with E-state index in [0.29, 0.717) is 5.92 Å². The van der Waals surface area contributed by atoms with Crippen molar-refractivity contribution >= 4 is 5.91 Å². The van der Waals surface area contributed by atoms with Gasteiger partial charge in [-0.25, -0.2) is 0 Å². The lowest BCUT2D eigenvalue weighted by Gasteiger charge is -2.27. The third-order valence-electron chi connectivity index (χ3n) is 2.85. The van der Waals surface area contributed by atoms with Crippen LogP contribution in [0.15, 0.2) is 30.3 Å². The Hall–Kier alpha value is -1.31. The van der Waals surface area contributed by atoms with E-state index in [-0.39, 0.29) is 11.9 Å². The van der Waals surface area contributed by atoms with Crippen molar-refractivity contribution in [3.05, 3.63) is 35.9 Å². The molecule has 1 rings (SSSR count). The first-order valence-corrected chi connectivity index (χ1v) is 6.38. The zero-order valence-electron chi connectivity index (χ0n) is 11.3. The zero-order chi connectivity index (χ0) is 12.8. The Labute approximate surface area is 105 Å². The van der Waals surface area contributed by atoms with Crippen LogP contribution in [0.1, 0.15) is 44.5 Å². The summed E-state index contributed by atoms with van der Waals surface area (Å²) >= 11 is 0. The van der Waals surface area contributed by atoms with Crippen LogP contribution in [0.2, 0.25) is 0 Å². The van der Waals surface area contributed by atoms with Crippen LogP contribution >= 0.6 is 0 Å². The second-order valence-electron chi connectivity index (χ2n) is 5.14. The molecule has 0 aliphatic carbocycles. The SMILES string of the molecule is CC(C)CCN(C(=O)c1ccccc1)C(C)C. The maximum absolute atomic E-state index is 12.3. The van der Waals surface area contributed by atoms with Gasteiger partial charge in [-0.05, 0) is 38.3 Å². The van der Waals surface area contributed by atoms with Crippen molar-refractivity contribution in [1.82, 2.24) is 4.90 Å². The van der Waals surface area contributed by atoms with Crippen molar-refractivity contribution < 1.29 is 4.79 Å². The summed E-state index contributed by atoms with van der Waals surface area (Å²) in [5.41, 5.74) is 0.782. The van der Waals surface area contributed by atoms with Crippen molar-refractivity contribution in [2.45, 2.75) is 40.2 Å². The van der Waals surface area contributed by atoms with Crippen LogP contribution in [0.4, 0.5) is 0 Å². The first-order chi connectivity index (χ1) is 8.02. The van der Waals surface area contributed by atoms with Gasteiger partial charge in [0.2, 0.25) is 0 Å². The predicted molar refractivity (Wildman–Crippen MR) is 72.1 cm³/mol. The molecule has 0 bridgehead atoms. The van der Waals surface area contributed by atoms with Crippen LogP contribution in [0, 0.1) is 5.92 Å². The molecule has 0 atom stereocenters. The van der Waals surface area contributed by atoms with Gasteiger partial charge in [-0.1, -0.05) is 32.0 Å². The van der Waals surface area contributed by atoms with Crippen LogP contribution in [0.3, 0.4) is 0 Å². The molecule has 2 heteroatoms. The Morgan fingerprint density at radius 1 is 1.12 bits per heavy atom. The molecule has 0 saturated heterocycles. The highest BCUT2D eigenvalue weighted by molar-refractivity contribution is 5.94. The average Bonchev–Trinajstić information content (AvgIpc) is 2.29. The number of hydrogen-bond acceptors (Lipinski definition) is 1. The molecular weight excluding hydrogens is 210 g/mol. The van der Waals surface area contributed by atoms with Crippen LogP contribution in [0.25, 0.3) is 0 Å². The van der Waals surface area contributed by atoms with Crippen molar-refractivity contribution in [1.29, 1.82) is 0 Å². The Balaban J connectivity index is 2.74. The third-order valence-corrected chi connectivity index (χ3v) is 2.85. The quantitative estimate of drug-likeness (QED) is 0.761. The molecule has 1 aromatic carbocycles. The van der Waals surface area contributed by atoms with Crippen molar-refractivity contribution in [2.75, 3.05) is 6.54 Å². The van der Waals surface area contributed by atoms with Crippen LogP contribution in [-0.4, -0.2) is 23.4 Å². The Morgan fingerprint density at radius 3 is 2.18 bits per heavy atom. The van der Waals surface area contributed by atoms with E-state index < -0.39 is 0 Å². The van der Waals surface area contributed by atoms with Crippen molar-refractivity contribution in [3.8, 4) is 0 Å². The molecule has 2 nitrogen and oxygen atoms in total. The van der Waals surface area contributed by atoms with Gasteiger partial charge in [0, 0.05) is 18.2 Å². The minimum Gasteiger partial charge on any atom is -0.336 e. The second-order valence-corrected chi connectivity index (χ2v) is 5.14. The fourth-order valence-electron chi connectivity index (χ4n) is 1.74. The lowest BCUT2D eigenvalue weighted by molar-refractivity contribution is 0.0697. The minimum absolute atomic E-state index is 0.140. The highest BCUT2D eigenvalue weighted by Crippen LogP contribution is 2.11. The van der Waals surface area contributed by atoms with Gasteiger partial charge >= 0.3 is 0 Å². The Kier molecular flexibility index (Phi) is 5.20. The van der Waals surface area contributed by atoms with Crippen molar-refractivity contribution in [2.24, 2.45) is 5.92 Å². The summed E-state index contributed by atoms with van der Waals surface area (Å²) in [7, 11) is 0. The fourth-order valence-corrected chi connectivity index (χ4v) is 1.74. The molecule has 1 amide bonds. The van der Waals surface area contributed by atoms with E-state index >= 15 is 0 Å². The Bertz CT molecular complexity index is 343. The molecule has 0 saturated carbocycles. The maximum atomic E-state index is 12.3. The molecule has 0 aliphatic rings. The minimum atomic E-state index is 0.140. The van der Waals surface area contributed by atoms with E-state index in [1.807, 2.05) is 35.2 Å². The van der Waals surface area contributed by atoms with E-state index in [2.05, 4.69) is 27.7 Å². The summed E-state index contributed by atoms with van der Waals surface area (Å²) < 4.78 is 0. The highest BCUT2D eigenvalue weighted by atomic mass is 16.2. The van der Waals surface area contributed by atoms with E-state index in [4.69, 9.17) is 0 Å². The summed E-state index contributed by atoms with van der Waals surface area (Å²) in [6, 6.07) is 9.77. The molecule has 0 aromatic heterocycles. The van der Waals surface area contributed by atoms with Crippen LogP contribution < -0.4 is 0 Å². The molecule has 0 N–H and O–H groups in total. The maximum Gasteiger partial charge on any atom is 0.254 e. The molecule has 0 heterocycles. The number of benzene rings is 1. The number of nitrogens with zero attached hydrogens (tertiary/aromatic N) is 1. The summed E-state index contributed by atoms with van der Waals surface area (Å²) in [6.45, 7) is 9.35. The van der Waals surface area contributed by atoms with Gasteiger partial charge in [-0.2, -0.15) is 0 Å². The van der Waals surface area contributed by atoms with Crippen LogP contribution in [0.5, 0.6) is 0 Å². The van der Waals surface area contributed by atoms with E-state index in [9.17, 15) is 4.79 Å².